The van der Waals surface area contributed by atoms with E-state index < -0.39 is 0 Å². The Hall–Kier alpha value is -0.110. The fraction of sp³-hybridized carbons (Fsp3) is 0.778. The molecular weight excluding hydrogens is 154 g/mol. The summed E-state index contributed by atoms with van der Waals surface area (Å²) in [6.07, 6.45) is 5.68. The average Bonchev–Trinajstić information content (AvgIpc) is 1.99. The molecule has 0 aliphatic heterocycles. The van der Waals surface area contributed by atoms with Crippen LogP contribution in [0.25, 0.3) is 0 Å². The van der Waals surface area contributed by atoms with Crippen molar-refractivity contribution in [1.29, 1.82) is 0 Å². The van der Waals surface area contributed by atoms with Crippen LogP contribution >= 0.6 is 11.8 Å². The van der Waals surface area contributed by atoms with Gasteiger partial charge in [-0.05, 0) is 24.9 Å². The van der Waals surface area contributed by atoms with Crippen molar-refractivity contribution in [2.75, 3.05) is 18.6 Å². The second-order valence-corrected chi connectivity index (χ2v) is 3.61. The van der Waals surface area contributed by atoms with Crippen LogP contribution in [0, 0.1) is 0 Å². The minimum Gasteiger partial charge on any atom is -0.389 e. The van der Waals surface area contributed by atoms with Crippen molar-refractivity contribution in [2.45, 2.75) is 26.2 Å². The monoisotopic (exact) mass is 173 g/mol. The summed E-state index contributed by atoms with van der Waals surface area (Å²) in [6, 6.07) is 0. The molecule has 0 aromatic carbocycles. The van der Waals surface area contributed by atoms with Gasteiger partial charge in [0.2, 0.25) is 0 Å². The highest BCUT2D eigenvalue weighted by atomic mass is 32.2. The minimum atomic E-state index is 1.08. The summed E-state index contributed by atoms with van der Waals surface area (Å²) in [4.78, 5) is 0. The van der Waals surface area contributed by atoms with E-state index in [4.69, 9.17) is 0 Å². The molecule has 1 N–H and O–H groups in total. The van der Waals surface area contributed by atoms with Crippen LogP contribution in [0.5, 0.6) is 0 Å². The van der Waals surface area contributed by atoms with Crippen LogP contribution < -0.4 is 5.32 Å². The maximum absolute atomic E-state index is 3.92. The first kappa shape index (κ1) is 10.9. The molecular formula is C9H19NS. The predicted molar refractivity (Wildman–Crippen MR) is 55.0 cm³/mol. The Labute approximate surface area is 74.6 Å². The van der Waals surface area contributed by atoms with Gasteiger partial charge in [-0.3, -0.25) is 0 Å². The molecule has 0 bridgehead atoms. The summed E-state index contributed by atoms with van der Waals surface area (Å²) in [5.74, 6) is 1.24. The lowest BCUT2D eigenvalue weighted by Gasteiger charge is -2.06. The minimum absolute atomic E-state index is 1.08. The predicted octanol–water partition coefficient (Wildman–Crippen LogP) is 2.64. The first-order valence-corrected chi connectivity index (χ1v) is 5.61. The summed E-state index contributed by atoms with van der Waals surface area (Å²) in [5, 5.41) is 3.31. The summed E-state index contributed by atoms with van der Waals surface area (Å²) in [5.41, 5.74) is 1.19. The third-order valence-electron chi connectivity index (χ3n) is 1.45. The third kappa shape index (κ3) is 7.79. The van der Waals surface area contributed by atoms with Crippen LogP contribution in [0.3, 0.4) is 0 Å². The Morgan fingerprint density at radius 2 is 2.27 bits per heavy atom. The molecule has 0 aromatic rings. The van der Waals surface area contributed by atoms with E-state index >= 15 is 0 Å². The Balaban J connectivity index is 3.04. The van der Waals surface area contributed by atoms with Gasteiger partial charge >= 0.3 is 0 Å². The van der Waals surface area contributed by atoms with Gasteiger partial charge in [-0.2, -0.15) is 11.8 Å². The highest BCUT2D eigenvalue weighted by molar-refractivity contribution is 7.98. The molecule has 0 heterocycles. The second kappa shape index (κ2) is 7.99. The van der Waals surface area contributed by atoms with Crippen LogP contribution in [-0.4, -0.2) is 18.6 Å². The van der Waals surface area contributed by atoms with Gasteiger partial charge in [0.15, 0.2) is 0 Å². The van der Waals surface area contributed by atoms with Crippen molar-refractivity contribution in [3.63, 3.8) is 0 Å². The van der Waals surface area contributed by atoms with E-state index in [-0.39, 0.29) is 0 Å². The molecule has 0 radical (unpaired) electrons. The molecule has 0 saturated carbocycles. The Morgan fingerprint density at radius 3 is 2.82 bits per heavy atom. The molecule has 0 spiro atoms. The van der Waals surface area contributed by atoms with E-state index in [1.54, 1.807) is 0 Å². The average molecular weight is 173 g/mol. The van der Waals surface area contributed by atoms with Gasteiger partial charge in [-0.15, -0.1) is 0 Å². The maximum Gasteiger partial charge on any atom is 0.0151 e. The zero-order chi connectivity index (χ0) is 8.53. The van der Waals surface area contributed by atoms with Crippen LogP contribution in [0.4, 0.5) is 0 Å². The fourth-order valence-corrected chi connectivity index (χ4v) is 1.30. The van der Waals surface area contributed by atoms with Crippen LogP contribution in [-0.2, 0) is 0 Å². The molecule has 0 saturated heterocycles. The van der Waals surface area contributed by atoms with Crippen LogP contribution in [0.2, 0.25) is 0 Å². The van der Waals surface area contributed by atoms with Gasteiger partial charge in [0.25, 0.3) is 0 Å². The van der Waals surface area contributed by atoms with Gasteiger partial charge in [-0.25, -0.2) is 0 Å². The molecule has 0 aliphatic rings. The Kier molecular flexibility index (Phi) is 7.91. The first-order valence-electron chi connectivity index (χ1n) is 4.21. The molecule has 0 unspecified atom stereocenters. The van der Waals surface area contributed by atoms with E-state index in [2.05, 4.69) is 25.1 Å². The first-order chi connectivity index (χ1) is 5.31. The highest BCUT2D eigenvalue weighted by Crippen LogP contribution is 1.98. The molecule has 0 atom stereocenters. The Bertz CT molecular complexity index is 102. The van der Waals surface area contributed by atoms with Crippen molar-refractivity contribution in [3.05, 3.63) is 12.3 Å². The Morgan fingerprint density at radius 1 is 1.55 bits per heavy atom. The quantitative estimate of drug-likeness (QED) is 0.594. The second-order valence-electron chi connectivity index (χ2n) is 2.63. The summed E-state index contributed by atoms with van der Waals surface area (Å²) in [7, 11) is 0. The number of hydrogen-bond donors (Lipinski definition) is 1. The van der Waals surface area contributed by atoms with Crippen molar-refractivity contribution in [2.24, 2.45) is 0 Å². The molecule has 0 aliphatic carbocycles. The smallest absolute Gasteiger partial charge is 0.0151 e. The van der Waals surface area contributed by atoms with Crippen molar-refractivity contribution < 1.29 is 0 Å². The standard InChI is InChI=1S/C9H19NS/c1-4-6-9(2)10-7-5-8-11-3/h10H,2,4-8H2,1,3H3. The largest absolute Gasteiger partial charge is 0.389 e. The number of hydrogen-bond acceptors (Lipinski definition) is 2. The summed E-state index contributed by atoms with van der Waals surface area (Å²) < 4.78 is 0. The summed E-state index contributed by atoms with van der Waals surface area (Å²) >= 11 is 1.90. The van der Waals surface area contributed by atoms with Gasteiger partial charge in [0, 0.05) is 12.2 Å². The molecule has 0 rings (SSSR count). The molecule has 1 nitrogen and oxygen atoms in total. The molecule has 66 valence electrons. The topological polar surface area (TPSA) is 12.0 Å². The van der Waals surface area contributed by atoms with E-state index in [1.165, 1.54) is 24.3 Å². The van der Waals surface area contributed by atoms with Crippen LogP contribution in [0.15, 0.2) is 12.3 Å². The maximum atomic E-state index is 3.92. The van der Waals surface area contributed by atoms with E-state index in [0.717, 1.165) is 13.0 Å². The normalized spacial score (nSPS) is 9.64. The van der Waals surface area contributed by atoms with Gasteiger partial charge in [0.1, 0.15) is 0 Å². The molecule has 2 heteroatoms. The van der Waals surface area contributed by atoms with E-state index in [0.29, 0.717) is 0 Å². The number of allylic oxidation sites excluding steroid dienone is 1. The molecule has 11 heavy (non-hydrogen) atoms. The lowest BCUT2D eigenvalue weighted by Crippen LogP contribution is -2.14. The molecule has 0 fully saturated rings. The number of nitrogens with one attached hydrogen (secondary N) is 1. The SMILES string of the molecule is C=C(CCC)NCCCSC. The van der Waals surface area contributed by atoms with Crippen molar-refractivity contribution in [3.8, 4) is 0 Å². The third-order valence-corrected chi connectivity index (χ3v) is 2.15. The van der Waals surface area contributed by atoms with E-state index in [9.17, 15) is 0 Å². The van der Waals surface area contributed by atoms with Crippen LogP contribution in [0.1, 0.15) is 26.2 Å². The van der Waals surface area contributed by atoms with Crippen molar-refractivity contribution >= 4 is 11.8 Å². The van der Waals surface area contributed by atoms with Gasteiger partial charge in [-0.1, -0.05) is 19.9 Å². The van der Waals surface area contributed by atoms with E-state index in [1.807, 2.05) is 11.8 Å². The lowest BCUT2D eigenvalue weighted by atomic mass is 10.3. The fourth-order valence-electron chi connectivity index (χ4n) is 0.872. The summed E-state index contributed by atoms with van der Waals surface area (Å²) in [6.45, 7) is 7.18. The molecule has 0 amide bonds. The number of thioether (sulfide) groups is 1. The van der Waals surface area contributed by atoms with Gasteiger partial charge < -0.3 is 5.32 Å². The van der Waals surface area contributed by atoms with Gasteiger partial charge in [0.05, 0.1) is 0 Å². The lowest BCUT2D eigenvalue weighted by molar-refractivity contribution is 0.723. The zero-order valence-corrected chi connectivity index (χ0v) is 8.47. The molecule has 0 aromatic heterocycles. The zero-order valence-electron chi connectivity index (χ0n) is 7.65. The highest BCUT2D eigenvalue weighted by Gasteiger charge is 1.90. The van der Waals surface area contributed by atoms with Crippen molar-refractivity contribution in [1.82, 2.24) is 5.32 Å². The number of rotatable bonds is 7.